The first-order chi connectivity index (χ1) is 7.27. The van der Waals surface area contributed by atoms with Crippen molar-refractivity contribution >= 4 is 41.4 Å². The van der Waals surface area contributed by atoms with Gasteiger partial charge in [-0.05, 0) is 22.0 Å². The maximum Gasteiger partial charge on any atom is 0.289 e. The SMILES string of the molecule is N#Cc1c(Br)cc(S(=O)(=O)Cl)cc1[N+](=O)[O-]. The molecule has 0 unspecified atom stereocenters. The van der Waals surface area contributed by atoms with Crippen molar-refractivity contribution in [2.75, 3.05) is 0 Å². The predicted molar refractivity (Wildman–Crippen MR) is 58.6 cm³/mol. The summed E-state index contributed by atoms with van der Waals surface area (Å²) >= 11 is 2.87. The van der Waals surface area contributed by atoms with E-state index in [2.05, 4.69) is 15.9 Å². The van der Waals surface area contributed by atoms with Crippen LogP contribution in [0.3, 0.4) is 0 Å². The molecule has 0 amide bonds. The molecule has 0 heterocycles. The van der Waals surface area contributed by atoms with E-state index in [4.69, 9.17) is 15.9 Å². The lowest BCUT2D eigenvalue weighted by Crippen LogP contribution is -1.98. The van der Waals surface area contributed by atoms with Gasteiger partial charge in [0, 0.05) is 21.2 Å². The molecule has 0 aliphatic heterocycles. The second kappa shape index (κ2) is 4.37. The molecule has 0 saturated carbocycles. The molecule has 0 bridgehead atoms. The van der Waals surface area contributed by atoms with E-state index in [9.17, 15) is 18.5 Å². The Morgan fingerprint density at radius 1 is 1.50 bits per heavy atom. The van der Waals surface area contributed by atoms with Gasteiger partial charge in [0.05, 0.1) is 9.82 Å². The van der Waals surface area contributed by atoms with Crippen molar-refractivity contribution in [3.8, 4) is 6.07 Å². The fraction of sp³-hybridized carbons (Fsp3) is 0. The first-order valence-corrected chi connectivity index (χ1v) is 6.70. The molecule has 9 heteroatoms. The third-order valence-electron chi connectivity index (χ3n) is 1.63. The van der Waals surface area contributed by atoms with Crippen molar-refractivity contribution in [1.29, 1.82) is 5.26 Å². The number of nitrogens with zero attached hydrogens (tertiary/aromatic N) is 2. The zero-order valence-electron chi connectivity index (χ0n) is 7.35. The largest absolute Gasteiger partial charge is 0.289 e. The molecule has 16 heavy (non-hydrogen) atoms. The van der Waals surface area contributed by atoms with Crippen LogP contribution >= 0.6 is 26.6 Å². The van der Waals surface area contributed by atoms with Gasteiger partial charge in [-0.2, -0.15) is 5.26 Å². The minimum atomic E-state index is -4.08. The van der Waals surface area contributed by atoms with Gasteiger partial charge in [0.1, 0.15) is 11.6 Å². The number of benzene rings is 1. The van der Waals surface area contributed by atoms with Crippen molar-refractivity contribution in [3.63, 3.8) is 0 Å². The molecule has 0 N–H and O–H groups in total. The van der Waals surface area contributed by atoms with Crippen molar-refractivity contribution in [2.24, 2.45) is 0 Å². The molecule has 6 nitrogen and oxygen atoms in total. The van der Waals surface area contributed by atoms with E-state index >= 15 is 0 Å². The molecule has 0 aliphatic rings. The van der Waals surface area contributed by atoms with Gasteiger partial charge in [-0.1, -0.05) is 0 Å². The van der Waals surface area contributed by atoms with E-state index in [1.54, 1.807) is 6.07 Å². The lowest BCUT2D eigenvalue weighted by Gasteiger charge is -2.01. The van der Waals surface area contributed by atoms with Gasteiger partial charge >= 0.3 is 0 Å². The van der Waals surface area contributed by atoms with E-state index < -0.39 is 24.6 Å². The Labute approximate surface area is 103 Å². The fourth-order valence-electron chi connectivity index (χ4n) is 0.963. The van der Waals surface area contributed by atoms with Crippen LogP contribution in [0.25, 0.3) is 0 Å². The van der Waals surface area contributed by atoms with Crippen molar-refractivity contribution in [3.05, 3.63) is 32.3 Å². The van der Waals surface area contributed by atoms with Crippen LogP contribution in [0, 0.1) is 21.4 Å². The summed E-state index contributed by atoms with van der Waals surface area (Å²) in [6.07, 6.45) is 0. The lowest BCUT2D eigenvalue weighted by molar-refractivity contribution is -0.385. The Morgan fingerprint density at radius 3 is 2.44 bits per heavy atom. The van der Waals surface area contributed by atoms with Crippen LogP contribution in [-0.4, -0.2) is 13.3 Å². The van der Waals surface area contributed by atoms with Crippen LogP contribution in [0.5, 0.6) is 0 Å². The second-order valence-corrected chi connectivity index (χ2v) is 6.03. The molecule has 0 aromatic heterocycles. The Bertz CT molecular complexity index is 608. The first kappa shape index (κ1) is 12.9. The van der Waals surface area contributed by atoms with Crippen LogP contribution < -0.4 is 0 Å². The summed E-state index contributed by atoms with van der Waals surface area (Å²) in [6.45, 7) is 0. The smallest absolute Gasteiger partial charge is 0.258 e. The Morgan fingerprint density at radius 2 is 2.06 bits per heavy atom. The molecule has 1 rings (SSSR count). The molecular formula is C7H2BrClN2O4S. The van der Waals surface area contributed by atoms with E-state index in [-0.39, 0.29) is 10.0 Å². The van der Waals surface area contributed by atoms with Gasteiger partial charge in [0.15, 0.2) is 0 Å². The standard InChI is InChI=1S/C7H2BrClN2O4S/c8-6-1-4(16(9,14)15)2-7(11(12)13)5(6)3-10/h1-2H. The van der Waals surface area contributed by atoms with Crippen molar-refractivity contribution in [2.45, 2.75) is 4.90 Å². The third kappa shape index (κ3) is 2.49. The molecule has 1 aromatic carbocycles. The Kier molecular flexibility index (Phi) is 3.52. The molecule has 0 spiro atoms. The number of hydrogen-bond donors (Lipinski definition) is 0. The first-order valence-electron chi connectivity index (χ1n) is 3.60. The third-order valence-corrected chi connectivity index (χ3v) is 3.59. The van der Waals surface area contributed by atoms with Crippen LogP contribution in [0.2, 0.25) is 0 Å². The van der Waals surface area contributed by atoms with Gasteiger partial charge < -0.3 is 0 Å². The predicted octanol–water partition coefficient (Wildman–Crippen LogP) is 2.16. The summed E-state index contributed by atoms with van der Waals surface area (Å²) < 4.78 is 22.0. The molecule has 0 atom stereocenters. The molecular weight excluding hydrogens is 324 g/mol. The van der Waals surface area contributed by atoms with Crippen LogP contribution in [0.1, 0.15) is 5.56 Å². The summed E-state index contributed by atoms with van der Waals surface area (Å²) in [6, 6.07) is 3.37. The second-order valence-electron chi connectivity index (χ2n) is 2.61. The van der Waals surface area contributed by atoms with E-state index in [0.717, 1.165) is 12.1 Å². The van der Waals surface area contributed by atoms with E-state index in [1.165, 1.54) is 0 Å². The molecule has 84 valence electrons. The number of nitro groups is 1. The summed E-state index contributed by atoms with van der Waals surface area (Å²) in [5.41, 5.74) is -0.870. The summed E-state index contributed by atoms with van der Waals surface area (Å²) in [4.78, 5) is 9.32. The fourth-order valence-corrected chi connectivity index (χ4v) is 2.43. The topological polar surface area (TPSA) is 101 Å². The maximum atomic E-state index is 11.0. The minimum Gasteiger partial charge on any atom is -0.258 e. The number of nitro benzene ring substituents is 1. The molecule has 1 aromatic rings. The monoisotopic (exact) mass is 324 g/mol. The van der Waals surface area contributed by atoms with Gasteiger partial charge in [0.25, 0.3) is 14.7 Å². The highest BCUT2D eigenvalue weighted by molar-refractivity contribution is 9.10. The quantitative estimate of drug-likeness (QED) is 0.471. The average Bonchev–Trinajstić information content (AvgIpc) is 2.14. The normalized spacial score (nSPS) is 10.8. The zero-order chi connectivity index (χ0) is 12.5. The van der Waals surface area contributed by atoms with Crippen LogP contribution in [0.4, 0.5) is 5.69 Å². The van der Waals surface area contributed by atoms with Gasteiger partial charge in [-0.3, -0.25) is 10.1 Å². The molecule has 0 aliphatic carbocycles. The highest BCUT2D eigenvalue weighted by Crippen LogP contribution is 2.31. The highest BCUT2D eigenvalue weighted by Gasteiger charge is 2.22. The Hall–Kier alpha value is -1.17. The molecule has 0 fully saturated rings. The number of halogens is 2. The maximum absolute atomic E-state index is 11.0. The molecule has 0 saturated heterocycles. The van der Waals surface area contributed by atoms with Crippen molar-refractivity contribution in [1.82, 2.24) is 0 Å². The zero-order valence-corrected chi connectivity index (χ0v) is 10.5. The van der Waals surface area contributed by atoms with E-state index in [1.807, 2.05) is 0 Å². The Balaban J connectivity index is 3.67. The van der Waals surface area contributed by atoms with Crippen molar-refractivity contribution < 1.29 is 13.3 Å². The number of nitriles is 1. The van der Waals surface area contributed by atoms with Crippen LogP contribution in [-0.2, 0) is 9.05 Å². The number of rotatable bonds is 2. The van der Waals surface area contributed by atoms with E-state index in [0.29, 0.717) is 0 Å². The minimum absolute atomic E-state index is 0.00317. The van der Waals surface area contributed by atoms with Gasteiger partial charge in [-0.15, -0.1) is 0 Å². The summed E-state index contributed by atoms with van der Waals surface area (Å²) in [7, 11) is 0.971. The molecule has 0 radical (unpaired) electrons. The average molecular weight is 326 g/mol. The lowest BCUT2D eigenvalue weighted by atomic mass is 10.2. The summed E-state index contributed by atoms with van der Waals surface area (Å²) in [5.74, 6) is 0. The van der Waals surface area contributed by atoms with Crippen LogP contribution in [0.15, 0.2) is 21.5 Å². The number of hydrogen-bond acceptors (Lipinski definition) is 5. The summed E-state index contributed by atoms with van der Waals surface area (Å²) in [5, 5.41) is 19.3. The highest BCUT2D eigenvalue weighted by atomic mass is 79.9. The van der Waals surface area contributed by atoms with Gasteiger partial charge in [-0.25, -0.2) is 8.42 Å². The van der Waals surface area contributed by atoms with Gasteiger partial charge in [0.2, 0.25) is 0 Å².